The summed E-state index contributed by atoms with van der Waals surface area (Å²) >= 11 is 0. The molecule has 0 saturated heterocycles. The molecule has 0 fully saturated rings. The second-order valence-electron chi connectivity index (χ2n) is 22.4. The highest BCUT2D eigenvalue weighted by Gasteiger charge is 2.19. The van der Waals surface area contributed by atoms with Gasteiger partial charge in [-0.05, 0) is 44.9 Å². The maximum Gasteiger partial charge on any atom is 0.306 e. The zero-order valence-electron chi connectivity index (χ0n) is 49.0. The van der Waals surface area contributed by atoms with Crippen LogP contribution in [-0.4, -0.2) is 37.2 Å². The van der Waals surface area contributed by atoms with E-state index < -0.39 is 6.10 Å². The van der Waals surface area contributed by atoms with E-state index in [4.69, 9.17) is 14.2 Å². The van der Waals surface area contributed by atoms with E-state index in [0.29, 0.717) is 19.3 Å². The van der Waals surface area contributed by atoms with E-state index in [0.717, 1.165) is 57.8 Å². The van der Waals surface area contributed by atoms with Gasteiger partial charge in [-0.3, -0.25) is 14.4 Å². The van der Waals surface area contributed by atoms with Gasteiger partial charge < -0.3 is 14.2 Å². The summed E-state index contributed by atoms with van der Waals surface area (Å²) in [6.45, 7) is 6.65. The molecule has 0 radical (unpaired) electrons. The molecule has 0 aromatic rings. The van der Waals surface area contributed by atoms with Gasteiger partial charge in [0.15, 0.2) is 6.10 Å². The summed E-state index contributed by atoms with van der Waals surface area (Å²) < 4.78 is 16.8. The Balaban J connectivity index is 4.01. The molecule has 6 heteroatoms. The highest BCUT2D eigenvalue weighted by atomic mass is 16.6. The second-order valence-corrected chi connectivity index (χ2v) is 22.4. The number of unbranched alkanes of at least 4 members (excludes halogenated alkanes) is 48. The molecular formula is C66H126O6. The van der Waals surface area contributed by atoms with Crippen molar-refractivity contribution in [2.45, 2.75) is 380 Å². The molecule has 0 bridgehead atoms. The van der Waals surface area contributed by atoms with Gasteiger partial charge in [-0.2, -0.15) is 0 Å². The van der Waals surface area contributed by atoms with E-state index in [9.17, 15) is 14.4 Å². The van der Waals surface area contributed by atoms with Crippen LogP contribution in [0.3, 0.4) is 0 Å². The van der Waals surface area contributed by atoms with Crippen LogP contribution >= 0.6 is 0 Å². The van der Waals surface area contributed by atoms with Crippen LogP contribution < -0.4 is 0 Å². The van der Waals surface area contributed by atoms with Gasteiger partial charge in [-0.1, -0.05) is 322 Å². The molecule has 72 heavy (non-hydrogen) atoms. The second kappa shape index (κ2) is 61.7. The lowest BCUT2D eigenvalue weighted by Gasteiger charge is -2.18. The van der Waals surface area contributed by atoms with Crippen LogP contribution in [0.25, 0.3) is 0 Å². The minimum Gasteiger partial charge on any atom is -0.462 e. The minimum absolute atomic E-state index is 0.0644. The third kappa shape index (κ3) is 59.0. The predicted molar refractivity (Wildman–Crippen MR) is 312 cm³/mol. The average Bonchev–Trinajstić information content (AvgIpc) is 3.38. The van der Waals surface area contributed by atoms with Gasteiger partial charge >= 0.3 is 17.9 Å². The van der Waals surface area contributed by atoms with Gasteiger partial charge in [0.25, 0.3) is 0 Å². The van der Waals surface area contributed by atoms with Crippen molar-refractivity contribution in [1.29, 1.82) is 0 Å². The van der Waals surface area contributed by atoms with Crippen LogP contribution in [0.5, 0.6) is 0 Å². The monoisotopic (exact) mass is 1010 g/mol. The quantitative estimate of drug-likeness (QED) is 0.0261. The number of rotatable bonds is 61. The van der Waals surface area contributed by atoms with E-state index in [-0.39, 0.29) is 31.1 Å². The van der Waals surface area contributed by atoms with E-state index in [1.165, 1.54) is 276 Å². The number of esters is 3. The van der Waals surface area contributed by atoms with Gasteiger partial charge in [-0.25, -0.2) is 0 Å². The lowest BCUT2D eigenvalue weighted by atomic mass is 10.0. The first-order chi connectivity index (χ1) is 35.5. The van der Waals surface area contributed by atoms with E-state index in [2.05, 4.69) is 32.9 Å². The van der Waals surface area contributed by atoms with Crippen molar-refractivity contribution in [3.8, 4) is 0 Å². The largest absolute Gasteiger partial charge is 0.462 e. The van der Waals surface area contributed by atoms with Crippen molar-refractivity contribution in [2.24, 2.45) is 0 Å². The van der Waals surface area contributed by atoms with Crippen molar-refractivity contribution in [2.75, 3.05) is 13.2 Å². The number of hydrogen-bond acceptors (Lipinski definition) is 6. The number of allylic oxidation sites excluding steroid dienone is 2. The first-order valence-electron chi connectivity index (χ1n) is 32.7. The highest BCUT2D eigenvalue weighted by molar-refractivity contribution is 5.71. The Morgan fingerprint density at radius 3 is 0.694 bits per heavy atom. The standard InChI is InChI=1S/C66H126O6/c1-4-7-10-13-16-18-20-22-24-26-28-30-32-33-35-36-38-40-42-44-46-48-50-53-56-59-65(68)71-62-63(61-70-64(67)58-55-52-15-12-9-6-3)72-66(69)60-57-54-51-49-47-45-43-41-39-37-34-31-29-27-25-23-21-19-17-14-11-8-5-2/h26,28,63H,4-25,27,29-62H2,1-3H3/b28-26-. The fourth-order valence-corrected chi connectivity index (χ4v) is 10.1. The third-order valence-corrected chi connectivity index (χ3v) is 15.0. The van der Waals surface area contributed by atoms with Gasteiger partial charge in [0.2, 0.25) is 0 Å². The minimum atomic E-state index is -0.763. The molecule has 0 saturated carbocycles. The van der Waals surface area contributed by atoms with E-state index >= 15 is 0 Å². The molecule has 1 unspecified atom stereocenters. The Kier molecular flexibility index (Phi) is 60.1. The van der Waals surface area contributed by atoms with Crippen molar-refractivity contribution in [3.05, 3.63) is 12.2 Å². The lowest BCUT2D eigenvalue weighted by molar-refractivity contribution is -0.167. The summed E-state index contributed by atoms with van der Waals surface area (Å²) in [6, 6.07) is 0. The molecule has 0 rings (SSSR count). The maximum absolute atomic E-state index is 12.8. The van der Waals surface area contributed by atoms with Crippen LogP contribution in [-0.2, 0) is 28.6 Å². The van der Waals surface area contributed by atoms with Crippen molar-refractivity contribution >= 4 is 17.9 Å². The third-order valence-electron chi connectivity index (χ3n) is 15.0. The van der Waals surface area contributed by atoms with Crippen LogP contribution in [0.15, 0.2) is 12.2 Å². The topological polar surface area (TPSA) is 78.9 Å². The first-order valence-corrected chi connectivity index (χ1v) is 32.7. The van der Waals surface area contributed by atoms with Gasteiger partial charge in [0.1, 0.15) is 13.2 Å². The number of carbonyl (C=O) groups is 3. The smallest absolute Gasteiger partial charge is 0.306 e. The zero-order chi connectivity index (χ0) is 52.2. The van der Waals surface area contributed by atoms with Crippen molar-refractivity contribution in [3.63, 3.8) is 0 Å². The summed E-state index contributed by atoms with van der Waals surface area (Å²) in [5.41, 5.74) is 0. The molecule has 0 spiro atoms. The molecule has 0 aromatic carbocycles. The maximum atomic E-state index is 12.8. The Morgan fingerprint density at radius 2 is 0.458 bits per heavy atom. The molecule has 0 N–H and O–H groups in total. The predicted octanol–water partition coefficient (Wildman–Crippen LogP) is 22.1. The number of ether oxygens (including phenoxy) is 3. The summed E-state index contributed by atoms with van der Waals surface area (Å²) in [6.07, 6.45) is 72.7. The number of carbonyl (C=O) groups excluding carboxylic acids is 3. The molecule has 0 aliphatic carbocycles. The summed E-state index contributed by atoms with van der Waals surface area (Å²) in [7, 11) is 0. The SMILES string of the molecule is CCCCCCCCCC/C=C\CCCCCCCCCCCCCCCC(=O)OCC(COC(=O)CCCCCCCC)OC(=O)CCCCCCCCCCCCCCCCCCCCCCCCC. The zero-order valence-corrected chi connectivity index (χ0v) is 49.0. The summed E-state index contributed by atoms with van der Waals surface area (Å²) in [5.74, 6) is -0.847. The van der Waals surface area contributed by atoms with Crippen LogP contribution in [0.4, 0.5) is 0 Å². The van der Waals surface area contributed by atoms with E-state index in [1.807, 2.05) is 0 Å². The van der Waals surface area contributed by atoms with Crippen molar-refractivity contribution in [1.82, 2.24) is 0 Å². The van der Waals surface area contributed by atoms with Crippen LogP contribution in [0.2, 0.25) is 0 Å². The number of hydrogen-bond donors (Lipinski definition) is 0. The Morgan fingerprint density at radius 1 is 0.264 bits per heavy atom. The Hall–Kier alpha value is -1.85. The molecule has 0 heterocycles. The lowest BCUT2D eigenvalue weighted by Crippen LogP contribution is -2.30. The fourth-order valence-electron chi connectivity index (χ4n) is 10.1. The summed E-state index contributed by atoms with van der Waals surface area (Å²) in [5, 5.41) is 0. The first kappa shape index (κ1) is 70.1. The average molecular weight is 1020 g/mol. The van der Waals surface area contributed by atoms with Gasteiger partial charge in [0, 0.05) is 19.3 Å². The molecule has 6 nitrogen and oxygen atoms in total. The normalized spacial score (nSPS) is 12.0. The fraction of sp³-hybridized carbons (Fsp3) is 0.924. The highest BCUT2D eigenvalue weighted by Crippen LogP contribution is 2.18. The van der Waals surface area contributed by atoms with Crippen molar-refractivity contribution < 1.29 is 28.6 Å². The molecule has 0 amide bonds. The molecule has 426 valence electrons. The van der Waals surface area contributed by atoms with Gasteiger partial charge in [-0.15, -0.1) is 0 Å². The molecule has 0 aliphatic rings. The van der Waals surface area contributed by atoms with E-state index in [1.54, 1.807) is 0 Å². The molecule has 0 aliphatic heterocycles. The van der Waals surface area contributed by atoms with Gasteiger partial charge in [0.05, 0.1) is 0 Å². The molecule has 0 aromatic heterocycles. The molecular weight excluding hydrogens is 889 g/mol. The molecule has 1 atom stereocenters. The Labute approximate surface area is 450 Å². The summed E-state index contributed by atoms with van der Waals surface area (Å²) in [4.78, 5) is 38.0. The van der Waals surface area contributed by atoms with Crippen LogP contribution in [0, 0.1) is 0 Å². The van der Waals surface area contributed by atoms with Crippen LogP contribution in [0.1, 0.15) is 374 Å². The Bertz CT molecular complexity index is 1120.